The van der Waals surface area contributed by atoms with Crippen LogP contribution < -0.4 is 0 Å². The number of nitrogens with zero attached hydrogens (tertiary/aromatic N) is 1. The fraction of sp³-hybridized carbons (Fsp3) is 0.294. The number of non-ortho nitro benzene ring substituents is 1. The van der Waals surface area contributed by atoms with Gasteiger partial charge in [-0.1, -0.05) is 13.8 Å². The number of nitro groups is 1. The molecule has 2 aromatic rings. The molecule has 0 atom stereocenters. The second-order valence-corrected chi connectivity index (χ2v) is 4.63. The molecule has 0 aliphatic heterocycles. The molecule has 0 saturated heterocycles. The van der Waals surface area contributed by atoms with Crippen LogP contribution in [0.2, 0.25) is 0 Å². The highest BCUT2D eigenvalue weighted by Crippen LogP contribution is 2.31. The summed E-state index contributed by atoms with van der Waals surface area (Å²) in [6, 6.07) is 10.4. The molecule has 0 aliphatic carbocycles. The zero-order valence-corrected chi connectivity index (χ0v) is 13.2. The second kappa shape index (κ2) is 7.43. The van der Waals surface area contributed by atoms with Gasteiger partial charge in [0.1, 0.15) is 0 Å². The van der Waals surface area contributed by atoms with Gasteiger partial charge in [0.05, 0.1) is 4.92 Å². The number of rotatable bonds is 3. The van der Waals surface area contributed by atoms with Crippen LogP contribution in [-0.4, -0.2) is 9.66 Å². The van der Waals surface area contributed by atoms with E-state index in [-0.39, 0.29) is 5.69 Å². The summed E-state index contributed by atoms with van der Waals surface area (Å²) >= 11 is 0. The van der Waals surface area contributed by atoms with E-state index < -0.39 is 4.92 Å². The molecule has 0 fully saturated rings. The highest BCUT2D eigenvalue weighted by Gasteiger charge is 2.13. The third-order valence-corrected chi connectivity index (χ3v) is 2.94. The van der Waals surface area contributed by atoms with Crippen molar-refractivity contribution in [1.82, 2.24) is 0 Å². The minimum Gasteiger partial charge on any atom is -0.546 e. The summed E-state index contributed by atoms with van der Waals surface area (Å²) in [4.78, 5) is 10.2. The maximum absolute atomic E-state index is 10.6. The van der Waals surface area contributed by atoms with E-state index in [1.807, 2.05) is 27.7 Å². The molecular formula is C17H22NO3+. The maximum Gasteiger partial charge on any atom is 0.270 e. The zero-order valence-electron chi connectivity index (χ0n) is 13.2. The lowest BCUT2D eigenvalue weighted by Crippen LogP contribution is -1.91. The molecule has 1 N–H and O–H groups in total. The molecule has 0 spiro atoms. The Hall–Kier alpha value is -2.36. The molecule has 0 amide bonds. The first-order valence-corrected chi connectivity index (χ1v) is 7.01. The van der Waals surface area contributed by atoms with Gasteiger partial charge in [-0.15, -0.1) is 0 Å². The third kappa shape index (κ3) is 4.31. The maximum atomic E-state index is 10.6. The Bertz CT molecular complexity index is 595. The van der Waals surface area contributed by atoms with Gasteiger partial charge >= 0.3 is 0 Å². The fourth-order valence-electron chi connectivity index (χ4n) is 2.13. The monoisotopic (exact) mass is 288 g/mol. The van der Waals surface area contributed by atoms with Crippen LogP contribution in [0.1, 0.15) is 30.5 Å². The van der Waals surface area contributed by atoms with Gasteiger partial charge in [-0.3, -0.25) is 10.1 Å². The normalized spacial score (nSPS) is 9.57. The predicted molar refractivity (Wildman–Crippen MR) is 86.2 cm³/mol. The van der Waals surface area contributed by atoms with Crippen molar-refractivity contribution in [2.45, 2.75) is 34.6 Å². The molecule has 4 heteroatoms. The molecule has 0 heterocycles. The van der Waals surface area contributed by atoms with E-state index in [0.717, 1.165) is 22.6 Å². The third-order valence-electron chi connectivity index (χ3n) is 2.94. The molecule has 2 rings (SSSR count). The largest absolute Gasteiger partial charge is 0.546 e. The van der Waals surface area contributed by atoms with Gasteiger partial charge in [-0.2, -0.15) is 0 Å². The molecule has 21 heavy (non-hydrogen) atoms. The van der Waals surface area contributed by atoms with Crippen LogP contribution in [0, 0.1) is 30.9 Å². The summed E-state index contributed by atoms with van der Waals surface area (Å²) in [5.74, 6) is 1.65. The van der Waals surface area contributed by atoms with E-state index in [0.29, 0.717) is 0 Å². The summed E-state index contributed by atoms with van der Waals surface area (Å²) in [5, 5.41) is 10.6. The molecule has 0 saturated carbocycles. The molecule has 0 aliphatic rings. The minimum absolute atomic E-state index is 0.0799. The lowest BCUT2D eigenvalue weighted by Gasteiger charge is -2.09. The SMILES string of the molecule is CC.Cc1cc(C)c([OH+]c2ccc([N+](=O)[O-])cc2)c(C)c1. The van der Waals surface area contributed by atoms with Crippen molar-refractivity contribution in [3.05, 3.63) is 63.2 Å². The number of benzene rings is 2. The van der Waals surface area contributed by atoms with Crippen molar-refractivity contribution in [3.63, 3.8) is 0 Å². The Balaban J connectivity index is 0.00000106. The van der Waals surface area contributed by atoms with Crippen LogP contribution in [0.15, 0.2) is 36.4 Å². The average Bonchev–Trinajstić information content (AvgIpc) is 2.45. The Morgan fingerprint density at radius 3 is 1.86 bits per heavy atom. The first kappa shape index (κ1) is 16.7. The summed E-state index contributed by atoms with van der Waals surface area (Å²) in [6.07, 6.45) is 0. The number of ether oxygens (including phenoxy) is 1. The highest BCUT2D eigenvalue weighted by atomic mass is 16.6. The van der Waals surface area contributed by atoms with Crippen LogP contribution >= 0.6 is 0 Å². The second-order valence-electron chi connectivity index (χ2n) is 4.63. The zero-order chi connectivity index (χ0) is 16.0. The summed E-state index contributed by atoms with van der Waals surface area (Å²) in [6.45, 7) is 10.1. The van der Waals surface area contributed by atoms with Gasteiger partial charge in [-0.25, -0.2) is 0 Å². The van der Waals surface area contributed by atoms with Crippen molar-refractivity contribution in [3.8, 4) is 11.5 Å². The number of nitro benzene ring substituents is 1. The van der Waals surface area contributed by atoms with E-state index >= 15 is 0 Å². The Kier molecular flexibility index (Phi) is 5.91. The van der Waals surface area contributed by atoms with E-state index in [1.165, 1.54) is 17.7 Å². The van der Waals surface area contributed by atoms with E-state index in [4.69, 9.17) is 0 Å². The average molecular weight is 288 g/mol. The van der Waals surface area contributed by atoms with Gasteiger partial charge in [0.2, 0.25) is 0 Å². The van der Waals surface area contributed by atoms with Gasteiger partial charge in [0.25, 0.3) is 17.2 Å². The number of aryl methyl sites for hydroxylation is 3. The van der Waals surface area contributed by atoms with Crippen molar-refractivity contribution >= 4 is 5.69 Å². The van der Waals surface area contributed by atoms with Gasteiger partial charge in [0.15, 0.2) is 0 Å². The van der Waals surface area contributed by atoms with Crippen LogP contribution in [-0.2, 0) is 0 Å². The summed E-state index contributed by atoms with van der Waals surface area (Å²) < 4.78 is 4.56. The van der Waals surface area contributed by atoms with Gasteiger partial charge in [-0.05, 0) is 38.5 Å². The number of aromatic hydroxyl groups is 2. The van der Waals surface area contributed by atoms with Crippen molar-refractivity contribution < 1.29 is 9.66 Å². The molecular weight excluding hydrogens is 266 g/mol. The summed E-state index contributed by atoms with van der Waals surface area (Å²) in [5.41, 5.74) is 3.50. The highest BCUT2D eigenvalue weighted by molar-refractivity contribution is 5.45. The molecule has 112 valence electrons. The Morgan fingerprint density at radius 2 is 1.43 bits per heavy atom. The van der Waals surface area contributed by atoms with Crippen molar-refractivity contribution in [2.75, 3.05) is 0 Å². The lowest BCUT2D eigenvalue weighted by atomic mass is 10.1. The number of hydrogen-bond donors (Lipinski definition) is 0. The van der Waals surface area contributed by atoms with Crippen molar-refractivity contribution in [1.29, 1.82) is 0 Å². The first-order valence-electron chi connectivity index (χ1n) is 7.01. The van der Waals surface area contributed by atoms with E-state index in [2.05, 4.69) is 23.8 Å². The fourth-order valence-corrected chi connectivity index (χ4v) is 2.13. The van der Waals surface area contributed by atoms with E-state index in [9.17, 15) is 10.1 Å². The van der Waals surface area contributed by atoms with Crippen molar-refractivity contribution in [2.24, 2.45) is 0 Å². The molecule has 0 aromatic heterocycles. The standard InChI is InChI=1S/C15H15NO3.C2H6/c1-10-8-11(2)15(12(3)9-10)19-14-6-4-13(5-7-14)16(17)18;1-2/h4-9H,1-3H3;1-2H3/p+1. The Labute approximate surface area is 125 Å². The smallest absolute Gasteiger partial charge is 0.270 e. The van der Waals surface area contributed by atoms with Crippen LogP contribution in [0.3, 0.4) is 0 Å². The topological polar surface area (TPSA) is 55.9 Å². The lowest BCUT2D eigenvalue weighted by molar-refractivity contribution is -0.384. The minimum atomic E-state index is -0.411. The van der Waals surface area contributed by atoms with Crippen LogP contribution in [0.25, 0.3) is 0 Å². The number of hydrogen-bond acceptors (Lipinski definition) is 2. The predicted octanol–water partition coefficient (Wildman–Crippen LogP) is 5.20. The molecule has 0 radical (unpaired) electrons. The van der Waals surface area contributed by atoms with Gasteiger partial charge in [0, 0.05) is 35.4 Å². The quantitative estimate of drug-likeness (QED) is 0.442. The van der Waals surface area contributed by atoms with E-state index in [1.54, 1.807) is 12.1 Å². The first-order chi connectivity index (χ1) is 9.97. The Morgan fingerprint density at radius 1 is 0.952 bits per heavy atom. The molecule has 4 nitrogen and oxygen atoms in total. The van der Waals surface area contributed by atoms with Crippen LogP contribution in [0.5, 0.6) is 11.5 Å². The van der Waals surface area contributed by atoms with Crippen LogP contribution in [0.4, 0.5) is 5.69 Å². The summed E-state index contributed by atoms with van der Waals surface area (Å²) in [7, 11) is 0. The molecule has 0 unspecified atom stereocenters. The van der Waals surface area contributed by atoms with Gasteiger partial charge < -0.3 is 4.74 Å². The molecule has 2 aromatic carbocycles. The molecule has 0 bridgehead atoms.